The van der Waals surface area contributed by atoms with Gasteiger partial charge >= 0.3 is 0 Å². The summed E-state index contributed by atoms with van der Waals surface area (Å²) in [5, 5.41) is 3.36. The molecule has 1 fully saturated rings. The van der Waals surface area contributed by atoms with Crippen molar-refractivity contribution >= 4 is 18.1 Å². The molecule has 0 saturated carbocycles. The Balaban J connectivity index is 0.000000980. The summed E-state index contributed by atoms with van der Waals surface area (Å²) in [6.45, 7) is 6.61. The number of nitrogens with zero attached hydrogens (tertiary/aromatic N) is 1. The second kappa shape index (κ2) is 5.23. The van der Waals surface area contributed by atoms with Gasteiger partial charge in [-0.3, -0.25) is 0 Å². The van der Waals surface area contributed by atoms with Gasteiger partial charge in [-0.05, 0) is 24.6 Å². The van der Waals surface area contributed by atoms with E-state index in [1.165, 1.54) is 11.3 Å². The zero-order valence-corrected chi connectivity index (χ0v) is 9.31. The molecule has 1 saturated heterocycles. The summed E-state index contributed by atoms with van der Waals surface area (Å²) in [5.41, 5.74) is 2.71. The lowest BCUT2D eigenvalue weighted by Crippen LogP contribution is -2.43. The molecule has 14 heavy (non-hydrogen) atoms. The van der Waals surface area contributed by atoms with Crippen LogP contribution < -0.4 is 10.2 Å². The van der Waals surface area contributed by atoms with E-state index in [4.69, 9.17) is 0 Å². The molecule has 3 heteroatoms. The molecule has 0 spiro atoms. The van der Waals surface area contributed by atoms with Crippen LogP contribution in [0.15, 0.2) is 24.3 Å². The van der Waals surface area contributed by atoms with Crippen molar-refractivity contribution in [2.75, 3.05) is 31.1 Å². The maximum atomic E-state index is 3.36. The lowest BCUT2D eigenvalue weighted by Gasteiger charge is -2.29. The highest BCUT2D eigenvalue weighted by atomic mass is 35.5. The number of hydrogen-bond acceptors (Lipinski definition) is 2. The van der Waals surface area contributed by atoms with Crippen molar-refractivity contribution < 1.29 is 0 Å². The molecule has 0 bridgehead atoms. The lowest BCUT2D eigenvalue weighted by molar-refractivity contribution is 0.589. The fourth-order valence-corrected chi connectivity index (χ4v) is 1.75. The Bertz CT molecular complexity index is 282. The van der Waals surface area contributed by atoms with Gasteiger partial charge in [-0.1, -0.05) is 12.1 Å². The minimum absolute atomic E-state index is 0. The zero-order valence-electron chi connectivity index (χ0n) is 8.49. The summed E-state index contributed by atoms with van der Waals surface area (Å²) in [4.78, 5) is 2.43. The van der Waals surface area contributed by atoms with E-state index in [1.54, 1.807) is 0 Å². The molecule has 2 nitrogen and oxygen atoms in total. The highest BCUT2D eigenvalue weighted by Crippen LogP contribution is 2.15. The molecule has 0 atom stereocenters. The van der Waals surface area contributed by atoms with Crippen LogP contribution in [0, 0.1) is 6.92 Å². The first-order chi connectivity index (χ1) is 6.36. The van der Waals surface area contributed by atoms with Crippen molar-refractivity contribution in [2.24, 2.45) is 0 Å². The molecular weight excluding hydrogens is 196 g/mol. The highest BCUT2D eigenvalue weighted by Gasteiger charge is 2.09. The summed E-state index contributed by atoms with van der Waals surface area (Å²) < 4.78 is 0. The van der Waals surface area contributed by atoms with Crippen molar-refractivity contribution in [3.05, 3.63) is 29.8 Å². The van der Waals surface area contributed by atoms with Gasteiger partial charge in [0.15, 0.2) is 0 Å². The molecule has 2 rings (SSSR count). The largest absolute Gasteiger partial charge is 0.369 e. The van der Waals surface area contributed by atoms with Crippen molar-refractivity contribution in [3.63, 3.8) is 0 Å². The smallest absolute Gasteiger partial charge is 0.0369 e. The maximum absolute atomic E-state index is 3.36. The van der Waals surface area contributed by atoms with Gasteiger partial charge < -0.3 is 10.2 Å². The first-order valence-corrected chi connectivity index (χ1v) is 4.88. The van der Waals surface area contributed by atoms with Crippen LogP contribution in [0.2, 0.25) is 0 Å². The molecule has 0 aliphatic carbocycles. The third-order valence-corrected chi connectivity index (χ3v) is 2.48. The quantitative estimate of drug-likeness (QED) is 0.764. The number of rotatable bonds is 1. The normalized spacial score (nSPS) is 16.2. The molecule has 78 valence electrons. The molecule has 0 radical (unpaired) electrons. The van der Waals surface area contributed by atoms with E-state index in [0.29, 0.717) is 0 Å². The number of halogens is 1. The molecule has 1 aromatic rings. The number of hydrogen-bond donors (Lipinski definition) is 1. The van der Waals surface area contributed by atoms with Crippen LogP contribution in [0.5, 0.6) is 0 Å². The molecule has 0 aromatic heterocycles. The van der Waals surface area contributed by atoms with Crippen molar-refractivity contribution in [1.82, 2.24) is 5.32 Å². The minimum Gasteiger partial charge on any atom is -0.369 e. The number of benzene rings is 1. The van der Waals surface area contributed by atoms with Crippen LogP contribution in [-0.4, -0.2) is 26.2 Å². The van der Waals surface area contributed by atoms with Crippen LogP contribution in [0.1, 0.15) is 5.56 Å². The molecular formula is C11H17ClN2. The third kappa shape index (κ3) is 2.63. The monoisotopic (exact) mass is 212 g/mol. The fourth-order valence-electron chi connectivity index (χ4n) is 1.75. The second-order valence-electron chi connectivity index (χ2n) is 3.58. The average Bonchev–Trinajstić information content (AvgIpc) is 2.19. The summed E-state index contributed by atoms with van der Waals surface area (Å²) in [6, 6.07) is 8.72. The van der Waals surface area contributed by atoms with Crippen LogP contribution in [0.4, 0.5) is 5.69 Å². The van der Waals surface area contributed by atoms with Gasteiger partial charge in [0, 0.05) is 31.9 Å². The van der Waals surface area contributed by atoms with E-state index in [0.717, 1.165) is 26.2 Å². The average molecular weight is 213 g/mol. The Hall–Kier alpha value is -0.730. The van der Waals surface area contributed by atoms with Crippen molar-refractivity contribution in [2.45, 2.75) is 6.92 Å². The minimum atomic E-state index is 0. The summed E-state index contributed by atoms with van der Waals surface area (Å²) in [5.74, 6) is 0. The molecule has 0 unspecified atom stereocenters. The van der Waals surface area contributed by atoms with Gasteiger partial charge in [0.25, 0.3) is 0 Å². The van der Waals surface area contributed by atoms with E-state index in [1.807, 2.05) is 0 Å². The van der Waals surface area contributed by atoms with E-state index < -0.39 is 0 Å². The van der Waals surface area contributed by atoms with Gasteiger partial charge in [-0.15, -0.1) is 12.4 Å². The predicted octanol–water partition coefficient (Wildman–Crippen LogP) is 1.83. The first-order valence-electron chi connectivity index (χ1n) is 4.88. The van der Waals surface area contributed by atoms with E-state index in [-0.39, 0.29) is 12.4 Å². The van der Waals surface area contributed by atoms with Gasteiger partial charge in [0.2, 0.25) is 0 Å². The van der Waals surface area contributed by atoms with Crippen LogP contribution in [0.25, 0.3) is 0 Å². The Kier molecular flexibility index (Phi) is 4.23. The maximum Gasteiger partial charge on any atom is 0.0369 e. The van der Waals surface area contributed by atoms with Crippen LogP contribution >= 0.6 is 12.4 Å². The molecule has 1 aromatic carbocycles. The molecule has 1 heterocycles. The standard InChI is InChI=1S/C11H16N2.ClH/c1-10-3-2-4-11(9-10)13-7-5-12-6-8-13;/h2-4,9,12H,5-8H2,1H3;1H. The lowest BCUT2D eigenvalue weighted by atomic mass is 10.2. The van der Waals surface area contributed by atoms with Crippen molar-refractivity contribution in [3.8, 4) is 0 Å². The first kappa shape index (κ1) is 11.3. The molecule has 1 aliphatic heterocycles. The van der Waals surface area contributed by atoms with Crippen LogP contribution in [-0.2, 0) is 0 Å². The van der Waals surface area contributed by atoms with Gasteiger partial charge in [0.1, 0.15) is 0 Å². The number of nitrogens with one attached hydrogen (secondary N) is 1. The number of anilines is 1. The SMILES string of the molecule is Cc1cccc(N2CCNCC2)c1.Cl. The van der Waals surface area contributed by atoms with Crippen LogP contribution in [0.3, 0.4) is 0 Å². The molecule has 1 N–H and O–H groups in total. The Labute approximate surface area is 91.7 Å². The number of aryl methyl sites for hydroxylation is 1. The fraction of sp³-hybridized carbons (Fsp3) is 0.455. The summed E-state index contributed by atoms with van der Waals surface area (Å²) >= 11 is 0. The topological polar surface area (TPSA) is 15.3 Å². The van der Waals surface area contributed by atoms with Crippen molar-refractivity contribution in [1.29, 1.82) is 0 Å². The Morgan fingerprint density at radius 3 is 2.57 bits per heavy atom. The third-order valence-electron chi connectivity index (χ3n) is 2.48. The van der Waals surface area contributed by atoms with Gasteiger partial charge in [-0.25, -0.2) is 0 Å². The van der Waals surface area contributed by atoms with E-state index in [9.17, 15) is 0 Å². The number of piperazine rings is 1. The molecule has 0 amide bonds. The summed E-state index contributed by atoms with van der Waals surface area (Å²) in [7, 11) is 0. The van der Waals surface area contributed by atoms with E-state index >= 15 is 0 Å². The Morgan fingerprint density at radius 1 is 1.21 bits per heavy atom. The van der Waals surface area contributed by atoms with E-state index in [2.05, 4.69) is 41.4 Å². The predicted molar refractivity (Wildman–Crippen MR) is 63.5 cm³/mol. The second-order valence-corrected chi connectivity index (χ2v) is 3.58. The Morgan fingerprint density at radius 2 is 1.93 bits per heavy atom. The van der Waals surface area contributed by atoms with Gasteiger partial charge in [0.05, 0.1) is 0 Å². The van der Waals surface area contributed by atoms with Gasteiger partial charge in [-0.2, -0.15) is 0 Å². The highest BCUT2D eigenvalue weighted by molar-refractivity contribution is 5.85. The summed E-state index contributed by atoms with van der Waals surface area (Å²) in [6.07, 6.45) is 0. The molecule has 1 aliphatic rings. The zero-order chi connectivity index (χ0) is 9.10.